The molecule has 1 aromatic rings. The Labute approximate surface area is 141 Å². The Morgan fingerprint density at radius 2 is 2.25 bits per heavy atom. The number of sulfonamides is 1. The molecular formula is C17H19NO5S. The molecule has 3 rings (SSSR count). The highest BCUT2D eigenvalue weighted by molar-refractivity contribution is 7.95. The molecule has 0 radical (unpaired) electrons. The smallest absolute Gasteiger partial charge is 0.260 e. The molecule has 0 saturated carbocycles. The maximum absolute atomic E-state index is 11.8. The standard InChI is InChI=1S/C17H19NO5S/c1-18-15-8-7-13(11-14(15)16(19)12-24(18,20)21)5-4-10-23-17-6-2-3-9-22-17/h7-8,11-12,17,19H,2-3,6,9-10H2,1H3. The van der Waals surface area contributed by atoms with E-state index in [1.165, 1.54) is 7.05 Å². The van der Waals surface area contributed by atoms with E-state index >= 15 is 0 Å². The van der Waals surface area contributed by atoms with Crippen molar-refractivity contribution >= 4 is 21.5 Å². The van der Waals surface area contributed by atoms with E-state index in [-0.39, 0.29) is 18.7 Å². The summed E-state index contributed by atoms with van der Waals surface area (Å²) >= 11 is 0. The summed E-state index contributed by atoms with van der Waals surface area (Å²) in [5.41, 5.74) is 1.54. The first kappa shape index (κ1) is 16.8. The average molecular weight is 349 g/mol. The van der Waals surface area contributed by atoms with Gasteiger partial charge in [0.25, 0.3) is 10.0 Å². The SMILES string of the molecule is CN1c2ccc(C#CCOC3CCCCO3)cc2C(O)=CS1(=O)=O. The Bertz CT molecular complexity index is 813. The molecule has 0 amide bonds. The summed E-state index contributed by atoms with van der Waals surface area (Å²) in [7, 11) is -2.17. The van der Waals surface area contributed by atoms with E-state index in [9.17, 15) is 13.5 Å². The number of aliphatic hydroxyl groups excluding tert-OH is 1. The lowest BCUT2D eigenvalue weighted by atomic mass is 10.1. The largest absolute Gasteiger partial charge is 0.506 e. The number of nitrogens with zero attached hydrogens (tertiary/aromatic N) is 1. The van der Waals surface area contributed by atoms with E-state index in [2.05, 4.69) is 11.8 Å². The molecule has 128 valence electrons. The van der Waals surface area contributed by atoms with E-state index in [0.717, 1.165) is 35.6 Å². The van der Waals surface area contributed by atoms with Gasteiger partial charge in [-0.25, -0.2) is 8.42 Å². The van der Waals surface area contributed by atoms with Crippen LogP contribution in [0.4, 0.5) is 5.69 Å². The fourth-order valence-electron chi connectivity index (χ4n) is 2.63. The maximum atomic E-state index is 11.8. The molecule has 0 aromatic heterocycles. The molecule has 1 N–H and O–H groups in total. The van der Waals surface area contributed by atoms with Crippen LogP contribution in [-0.4, -0.2) is 40.1 Å². The molecule has 1 atom stereocenters. The third-order valence-corrected chi connectivity index (χ3v) is 5.45. The second kappa shape index (κ2) is 6.85. The Morgan fingerprint density at radius 1 is 1.42 bits per heavy atom. The number of hydrogen-bond donors (Lipinski definition) is 1. The minimum absolute atomic E-state index is 0.178. The molecule has 7 heteroatoms. The van der Waals surface area contributed by atoms with Crippen molar-refractivity contribution in [2.24, 2.45) is 0 Å². The molecule has 0 aliphatic carbocycles. The second-order valence-electron chi connectivity index (χ2n) is 5.66. The van der Waals surface area contributed by atoms with Crippen LogP contribution in [0.3, 0.4) is 0 Å². The van der Waals surface area contributed by atoms with Crippen LogP contribution in [0.15, 0.2) is 23.6 Å². The van der Waals surface area contributed by atoms with Gasteiger partial charge in [0.1, 0.15) is 12.4 Å². The molecule has 24 heavy (non-hydrogen) atoms. The van der Waals surface area contributed by atoms with E-state index in [0.29, 0.717) is 16.8 Å². The van der Waals surface area contributed by atoms with Crippen molar-refractivity contribution in [1.29, 1.82) is 0 Å². The highest BCUT2D eigenvalue weighted by Crippen LogP contribution is 2.33. The number of ether oxygens (including phenoxy) is 2. The molecule has 6 nitrogen and oxygen atoms in total. The van der Waals surface area contributed by atoms with Gasteiger partial charge in [-0.1, -0.05) is 11.8 Å². The summed E-state index contributed by atoms with van der Waals surface area (Å²) in [6.45, 7) is 0.989. The zero-order chi connectivity index (χ0) is 17.2. The summed E-state index contributed by atoms with van der Waals surface area (Å²) in [6, 6.07) is 5.01. The van der Waals surface area contributed by atoms with Crippen molar-refractivity contribution in [3.8, 4) is 11.8 Å². The molecule has 2 heterocycles. The van der Waals surface area contributed by atoms with Gasteiger partial charge in [0, 0.05) is 24.8 Å². The Morgan fingerprint density at radius 3 is 3.00 bits per heavy atom. The number of benzene rings is 1. The van der Waals surface area contributed by atoms with Crippen molar-refractivity contribution in [3.05, 3.63) is 34.7 Å². The van der Waals surface area contributed by atoms with Gasteiger partial charge in [-0.15, -0.1) is 0 Å². The fraction of sp³-hybridized carbons (Fsp3) is 0.412. The van der Waals surface area contributed by atoms with E-state index in [1.54, 1.807) is 18.2 Å². The van der Waals surface area contributed by atoms with Crippen LogP contribution in [0.25, 0.3) is 5.76 Å². The van der Waals surface area contributed by atoms with Crippen molar-refractivity contribution in [2.75, 3.05) is 24.6 Å². The summed E-state index contributed by atoms with van der Waals surface area (Å²) in [6.07, 6.45) is 2.88. The molecule has 1 saturated heterocycles. The van der Waals surface area contributed by atoms with Gasteiger partial charge >= 0.3 is 0 Å². The van der Waals surface area contributed by atoms with Crippen LogP contribution in [0, 0.1) is 11.8 Å². The third-order valence-electron chi connectivity index (χ3n) is 3.97. The summed E-state index contributed by atoms with van der Waals surface area (Å²) < 4.78 is 35.8. The van der Waals surface area contributed by atoms with E-state index in [4.69, 9.17) is 9.47 Å². The van der Waals surface area contributed by atoms with Crippen LogP contribution in [-0.2, 0) is 19.5 Å². The van der Waals surface area contributed by atoms with Crippen molar-refractivity contribution < 1.29 is 23.0 Å². The Balaban J connectivity index is 1.71. The lowest BCUT2D eigenvalue weighted by Crippen LogP contribution is -2.28. The molecule has 1 fully saturated rings. The first-order valence-corrected chi connectivity index (χ1v) is 9.24. The molecule has 1 unspecified atom stereocenters. The third kappa shape index (κ3) is 3.56. The number of fused-ring (bicyclic) bond motifs is 1. The highest BCUT2D eigenvalue weighted by Gasteiger charge is 2.26. The van der Waals surface area contributed by atoms with Gasteiger partial charge in [0.2, 0.25) is 0 Å². The van der Waals surface area contributed by atoms with Crippen LogP contribution in [0.5, 0.6) is 0 Å². The maximum Gasteiger partial charge on any atom is 0.260 e. The second-order valence-corrected chi connectivity index (χ2v) is 7.47. The average Bonchev–Trinajstić information content (AvgIpc) is 2.57. The Hall–Kier alpha value is -2.01. The first-order valence-electron chi connectivity index (χ1n) is 7.73. The van der Waals surface area contributed by atoms with Gasteiger partial charge in [0.15, 0.2) is 6.29 Å². The predicted octanol–water partition coefficient (Wildman–Crippen LogP) is 2.22. The topological polar surface area (TPSA) is 76.1 Å². The van der Waals surface area contributed by atoms with E-state index in [1.807, 2.05) is 0 Å². The predicted molar refractivity (Wildman–Crippen MR) is 90.8 cm³/mol. The van der Waals surface area contributed by atoms with Crippen molar-refractivity contribution in [1.82, 2.24) is 0 Å². The van der Waals surface area contributed by atoms with Crippen LogP contribution < -0.4 is 4.31 Å². The highest BCUT2D eigenvalue weighted by atomic mass is 32.2. The van der Waals surface area contributed by atoms with Crippen LogP contribution >= 0.6 is 0 Å². The van der Waals surface area contributed by atoms with Gasteiger partial charge in [-0.2, -0.15) is 0 Å². The van der Waals surface area contributed by atoms with Gasteiger partial charge in [-0.05, 0) is 37.5 Å². The number of rotatable bonds is 2. The summed E-state index contributed by atoms with van der Waals surface area (Å²) in [5, 5.41) is 10.8. The molecule has 2 aliphatic heterocycles. The molecular weight excluding hydrogens is 330 g/mol. The number of anilines is 1. The molecule has 0 bridgehead atoms. The minimum Gasteiger partial charge on any atom is -0.506 e. The van der Waals surface area contributed by atoms with E-state index < -0.39 is 10.0 Å². The van der Waals surface area contributed by atoms with Crippen molar-refractivity contribution in [2.45, 2.75) is 25.6 Å². The zero-order valence-electron chi connectivity index (χ0n) is 13.4. The zero-order valence-corrected chi connectivity index (χ0v) is 14.2. The molecule has 2 aliphatic rings. The van der Waals surface area contributed by atoms with Crippen LogP contribution in [0.1, 0.15) is 30.4 Å². The number of aliphatic hydroxyl groups is 1. The summed E-state index contributed by atoms with van der Waals surface area (Å²) in [5.74, 6) is 5.59. The Kier molecular flexibility index (Phi) is 4.81. The van der Waals surface area contributed by atoms with Gasteiger partial charge < -0.3 is 14.6 Å². The minimum atomic E-state index is -3.62. The van der Waals surface area contributed by atoms with Gasteiger partial charge in [-0.3, -0.25) is 4.31 Å². The normalized spacial score (nSPS) is 22.1. The number of hydrogen-bond acceptors (Lipinski definition) is 5. The van der Waals surface area contributed by atoms with Crippen molar-refractivity contribution in [3.63, 3.8) is 0 Å². The summed E-state index contributed by atoms with van der Waals surface area (Å²) in [4.78, 5) is 0. The van der Waals surface area contributed by atoms with Gasteiger partial charge in [0.05, 0.1) is 11.1 Å². The first-order chi connectivity index (χ1) is 11.5. The molecule has 1 aromatic carbocycles. The quantitative estimate of drug-likeness (QED) is 0.829. The lowest BCUT2D eigenvalue weighted by molar-refractivity contribution is -0.154. The molecule has 0 spiro atoms. The van der Waals surface area contributed by atoms with Crippen LogP contribution in [0.2, 0.25) is 0 Å². The fourth-order valence-corrected chi connectivity index (χ4v) is 3.63. The monoisotopic (exact) mass is 349 g/mol. The lowest BCUT2D eigenvalue weighted by Gasteiger charge is -2.24.